The average Bonchev–Trinajstić information content (AvgIpc) is 3.03. The molecule has 0 aliphatic carbocycles. The molecule has 7 nitrogen and oxygen atoms in total. The number of methoxy groups -OCH3 is 1. The van der Waals surface area contributed by atoms with Gasteiger partial charge < -0.3 is 4.74 Å². The minimum Gasteiger partial charge on any atom is -0.481 e. The van der Waals surface area contributed by atoms with Crippen molar-refractivity contribution in [3.8, 4) is 11.8 Å². The summed E-state index contributed by atoms with van der Waals surface area (Å²) in [6.45, 7) is 0. The number of alkyl halides is 2. The quantitative estimate of drug-likeness (QED) is 0.642. The Balaban J connectivity index is 2.22. The van der Waals surface area contributed by atoms with Crippen LogP contribution in [-0.2, 0) is 16.4 Å². The van der Waals surface area contributed by atoms with Crippen molar-refractivity contribution in [2.45, 2.75) is 24.2 Å². The van der Waals surface area contributed by atoms with Gasteiger partial charge in [0.25, 0.3) is 0 Å². The highest BCUT2D eigenvalue weighted by atomic mass is 35.5. The Kier molecular flexibility index (Phi) is 5.50. The van der Waals surface area contributed by atoms with Gasteiger partial charge in [0.2, 0.25) is 28.3 Å². The van der Waals surface area contributed by atoms with E-state index < -0.39 is 28.7 Å². The second kappa shape index (κ2) is 7.57. The van der Waals surface area contributed by atoms with Crippen LogP contribution in [0.25, 0.3) is 16.9 Å². The zero-order valence-corrected chi connectivity index (χ0v) is 15.9. The topological polar surface area (TPSA) is 100 Å². The smallest absolute Gasteiger partial charge is 0.240 e. The minimum atomic E-state index is -4.19. The number of benzene rings is 1. The van der Waals surface area contributed by atoms with Gasteiger partial charge in [-0.05, 0) is 18.6 Å². The third-order valence-corrected chi connectivity index (χ3v) is 5.21. The van der Waals surface area contributed by atoms with Gasteiger partial charge in [-0.15, -0.1) is 0 Å². The average molecular weight is 435 g/mol. The van der Waals surface area contributed by atoms with E-state index in [4.69, 9.17) is 21.5 Å². The number of nitrogens with two attached hydrogens (primary N) is 1. The van der Waals surface area contributed by atoms with Crippen molar-refractivity contribution < 1.29 is 26.3 Å². The predicted molar refractivity (Wildman–Crippen MR) is 96.1 cm³/mol. The SMILES string of the molecule is COc1nc(-n2cc(S(N)(=O)=O)c3ccc(Cl)c(F)c32)ncc1CCC(F)F. The Labute approximate surface area is 163 Å². The molecule has 0 radical (unpaired) electrons. The molecule has 2 heterocycles. The van der Waals surface area contributed by atoms with Crippen LogP contribution in [-0.4, -0.2) is 36.5 Å². The molecule has 0 unspecified atom stereocenters. The number of aryl methyl sites for hydroxylation is 1. The molecular weight excluding hydrogens is 421 g/mol. The normalized spacial score (nSPS) is 12.1. The molecule has 0 fully saturated rings. The summed E-state index contributed by atoms with van der Waals surface area (Å²) in [5, 5.41) is 4.97. The molecule has 0 bridgehead atoms. The number of hydrogen-bond donors (Lipinski definition) is 1. The molecule has 1 aromatic carbocycles. The molecule has 0 aliphatic heterocycles. The van der Waals surface area contributed by atoms with E-state index in [1.807, 2.05) is 0 Å². The summed E-state index contributed by atoms with van der Waals surface area (Å²) in [4.78, 5) is 7.78. The van der Waals surface area contributed by atoms with Gasteiger partial charge in [-0.25, -0.2) is 31.7 Å². The van der Waals surface area contributed by atoms with Gasteiger partial charge in [-0.1, -0.05) is 11.6 Å². The lowest BCUT2D eigenvalue weighted by Gasteiger charge is -2.10. The van der Waals surface area contributed by atoms with Crippen molar-refractivity contribution >= 4 is 32.5 Å². The summed E-state index contributed by atoms with van der Waals surface area (Å²) in [6.07, 6.45) is -0.630. The van der Waals surface area contributed by atoms with Crippen LogP contribution in [0.2, 0.25) is 5.02 Å². The number of halogens is 4. The highest BCUT2D eigenvalue weighted by molar-refractivity contribution is 7.89. The van der Waals surface area contributed by atoms with Gasteiger partial charge in [-0.3, -0.25) is 4.57 Å². The van der Waals surface area contributed by atoms with Gasteiger partial charge in [0.05, 0.1) is 17.6 Å². The predicted octanol–water partition coefficient (Wildman–Crippen LogP) is 3.07. The van der Waals surface area contributed by atoms with Crippen LogP contribution in [0.3, 0.4) is 0 Å². The second-order valence-electron chi connectivity index (χ2n) is 5.80. The number of fused-ring (bicyclic) bond motifs is 1. The fourth-order valence-corrected chi connectivity index (χ4v) is 3.60. The van der Waals surface area contributed by atoms with Crippen LogP contribution in [0.1, 0.15) is 12.0 Å². The van der Waals surface area contributed by atoms with E-state index in [-0.39, 0.29) is 39.1 Å². The van der Waals surface area contributed by atoms with E-state index >= 15 is 0 Å². The molecular formula is C16H14ClF3N4O3S. The number of hydrogen-bond acceptors (Lipinski definition) is 5. The summed E-state index contributed by atoms with van der Waals surface area (Å²) in [5.74, 6) is -1.02. The summed E-state index contributed by atoms with van der Waals surface area (Å²) < 4.78 is 69.5. The van der Waals surface area contributed by atoms with E-state index in [0.29, 0.717) is 5.56 Å². The maximum atomic E-state index is 14.7. The summed E-state index contributed by atoms with van der Waals surface area (Å²) in [6, 6.07) is 2.51. The zero-order chi connectivity index (χ0) is 20.6. The number of aromatic nitrogens is 3. The Hall–Kier alpha value is -2.37. The lowest BCUT2D eigenvalue weighted by molar-refractivity contribution is 0.137. The molecule has 0 atom stereocenters. The monoisotopic (exact) mass is 434 g/mol. The molecule has 3 rings (SSSR count). The van der Waals surface area contributed by atoms with Crippen LogP contribution >= 0.6 is 11.6 Å². The second-order valence-corrected chi connectivity index (χ2v) is 7.74. The minimum absolute atomic E-state index is 0.00579. The lowest BCUT2D eigenvalue weighted by Crippen LogP contribution is -2.11. The van der Waals surface area contributed by atoms with Crippen molar-refractivity contribution in [1.29, 1.82) is 0 Å². The molecule has 28 heavy (non-hydrogen) atoms. The van der Waals surface area contributed by atoms with Crippen LogP contribution < -0.4 is 9.88 Å². The maximum absolute atomic E-state index is 14.7. The molecule has 2 aromatic heterocycles. The van der Waals surface area contributed by atoms with E-state index in [1.165, 1.54) is 25.4 Å². The first kappa shape index (κ1) is 20.4. The molecule has 0 saturated heterocycles. The highest BCUT2D eigenvalue weighted by Gasteiger charge is 2.23. The van der Waals surface area contributed by atoms with E-state index in [9.17, 15) is 21.6 Å². The van der Waals surface area contributed by atoms with Crippen LogP contribution in [0, 0.1) is 5.82 Å². The van der Waals surface area contributed by atoms with Crippen molar-refractivity contribution in [2.24, 2.45) is 5.14 Å². The van der Waals surface area contributed by atoms with Crippen molar-refractivity contribution in [2.75, 3.05) is 7.11 Å². The summed E-state index contributed by atoms with van der Waals surface area (Å²) in [7, 11) is -2.90. The zero-order valence-electron chi connectivity index (χ0n) is 14.4. The van der Waals surface area contributed by atoms with E-state index in [1.54, 1.807) is 0 Å². The molecule has 0 amide bonds. The number of sulfonamides is 1. The molecule has 150 valence electrons. The standard InChI is InChI=1S/C16H14ClF3N4O3S/c1-27-15-8(2-5-12(18)19)6-22-16(23-15)24-7-11(28(21,25)26)9-3-4-10(17)13(20)14(9)24/h3-4,6-7,12H,2,5H2,1H3,(H2,21,25,26). The first-order valence-electron chi connectivity index (χ1n) is 7.83. The Morgan fingerprint density at radius 1 is 1.36 bits per heavy atom. The van der Waals surface area contributed by atoms with Gasteiger partial charge in [0, 0.05) is 29.8 Å². The fourth-order valence-electron chi connectivity index (χ4n) is 2.72. The number of rotatable bonds is 6. The molecule has 0 spiro atoms. The van der Waals surface area contributed by atoms with Crippen molar-refractivity contribution in [1.82, 2.24) is 14.5 Å². The van der Waals surface area contributed by atoms with Crippen LogP contribution in [0.5, 0.6) is 5.88 Å². The Morgan fingerprint density at radius 3 is 2.68 bits per heavy atom. The fraction of sp³-hybridized carbons (Fsp3) is 0.250. The molecule has 12 heteroatoms. The van der Waals surface area contributed by atoms with Gasteiger partial charge in [-0.2, -0.15) is 4.98 Å². The van der Waals surface area contributed by atoms with E-state index in [0.717, 1.165) is 10.8 Å². The number of nitrogens with zero attached hydrogens (tertiary/aromatic N) is 3. The van der Waals surface area contributed by atoms with Crippen molar-refractivity contribution in [3.63, 3.8) is 0 Å². The van der Waals surface area contributed by atoms with Crippen LogP contribution in [0.4, 0.5) is 13.2 Å². The van der Waals surface area contributed by atoms with Gasteiger partial charge in [0.1, 0.15) is 4.90 Å². The number of primary sulfonamides is 1. The molecule has 0 aliphatic rings. The highest BCUT2D eigenvalue weighted by Crippen LogP contribution is 2.32. The molecule has 3 aromatic rings. The summed E-state index contributed by atoms with van der Waals surface area (Å²) in [5.41, 5.74) is 0.132. The number of ether oxygens (including phenoxy) is 1. The first-order valence-corrected chi connectivity index (χ1v) is 9.76. The lowest BCUT2D eigenvalue weighted by atomic mass is 10.2. The Morgan fingerprint density at radius 2 is 2.07 bits per heavy atom. The summed E-state index contributed by atoms with van der Waals surface area (Å²) >= 11 is 5.82. The van der Waals surface area contributed by atoms with E-state index in [2.05, 4.69) is 9.97 Å². The van der Waals surface area contributed by atoms with Crippen molar-refractivity contribution in [3.05, 3.63) is 40.9 Å². The molecule has 2 N–H and O–H groups in total. The molecule has 0 saturated carbocycles. The van der Waals surface area contributed by atoms with Crippen LogP contribution in [0.15, 0.2) is 29.4 Å². The first-order chi connectivity index (χ1) is 13.1. The third kappa shape index (κ3) is 3.77. The Bertz CT molecular complexity index is 1150. The van der Waals surface area contributed by atoms with Gasteiger partial charge in [0.15, 0.2) is 5.82 Å². The van der Waals surface area contributed by atoms with Gasteiger partial charge >= 0.3 is 0 Å². The largest absolute Gasteiger partial charge is 0.481 e. The third-order valence-electron chi connectivity index (χ3n) is 3.98. The maximum Gasteiger partial charge on any atom is 0.240 e.